The summed E-state index contributed by atoms with van der Waals surface area (Å²) in [6.45, 7) is 0.987. The van der Waals surface area contributed by atoms with Crippen LogP contribution in [0.1, 0.15) is 0 Å². The summed E-state index contributed by atoms with van der Waals surface area (Å²) in [5.74, 6) is 0.891. The Labute approximate surface area is 66.7 Å². The molecule has 0 spiro atoms. The fourth-order valence-electron chi connectivity index (χ4n) is 0.832. The maximum absolute atomic E-state index is 4.14. The molecule has 0 atom stereocenters. The monoisotopic (exact) mass is 156 g/mol. The number of nitrogens with zero attached hydrogens (tertiary/aromatic N) is 1. The fourth-order valence-corrected chi connectivity index (χ4v) is 1.13. The van der Waals surface area contributed by atoms with Crippen LogP contribution in [0, 0.1) is 0 Å². The standard InChI is InChI=1S/C7H12N2S/c1-9(4-5-10)7-2-3-8-6-7/h2-3,6,8,10H,4-5H2,1H3. The number of H-pyrrole nitrogens is 1. The summed E-state index contributed by atoms with van der Waals surface area (Å²) in [6, 6.07) is 2.05. The van der Waals surface area contributed by atoms with E-state index in [9.17, 15) is 0 Å². The van der Waals surface area contributed by atoms with Crippen molar-refractivity contribution in [2.24, 2.45) is 0 Å². The summed E-state index contributed by atoms with van der Waals surface area (Å²) in [5.41, 5.74) is 1.22. The lowest BCUT2D eigenvalue weighted by atomic mass is 10.4. The van der Waals surface area contributed by atoms with E-state index >= 15 is 0 Å². The average molecular weight is 156 g/mol. The van der Waals surface area contributed by atoms with Gasteiger partial charge in [-0.1, -0.05) is 0 Å². The van der Waals surface area contributed by atoms with E-state index < -0.39 is 0 Å². The first-order valence-corrected chi connectivity index (χ1v) is 3.92. The van der Waals surface area contributed by atoms with Gasteiger partial charge < -0.3 is 9.88 Å². The van der Waals surface area contributed by atoms with Gasteiger partial charge in [-0.15, -0.1) is 0 Å². The number of thiol groups is 1. The quantitative estimate of drug-likeness (QED) is 0.633. The third-order valence-corrected chi connectivity index (χ3v) is 1.66. The van der Waals surface area contributed by atoms with E-state index in [1.807, 2.05) is 18.5 Å². The molecule has 0 unspecified atom stereocenters. The van der Waals surface area contributed by atoms with Crippen LogP contribution < -0.4 is 4.90 Å². The van der Waals surface area contributed by atoms with Crippen molar-refractivity contribution in [3.8, 4) is 0 Å². The second kappa shape index (κ2) is 3.56. The SMILES string of the molecule is CN(CCS)c1cc[nH]c1. The molecule has 0 amide bonds. The minimum absolute atomic E-state index is 0.891. The molecule has 0 radical (unpaired) electrons. The normalized spacial score (nSPS) is 9.80. The minimum atomic E-state index is 0.891. The third-order valence-electron chi connectivity index (χ3n) is 1.46. The lowest BCUT2D eigenvalue weighted by Gasteiger charge is -2.14. The van der Waals surface area contributed by atoms with Crippen LogP contribution in [0.2, 0.25) is 0 Å². The zero-order valence-corrected chi connectivity index (χ0v) is 6.94. The molecule has 0 aromatic carbocycles. The zero-order chi connectivity index (χ0) is 7.40. The lowest BCUT2D eigenvalue weighted by molar-refractivity contribution is 0.981. The van der Waals surface area contributed by atoms with E-state index in [0.29, 0.717) is 0 Å². The molecule has 0 aliphatic carbocycles. The van der Waals surface area contributed by atoms with Gasteiger partial charge in [0.1, 0.15) is 0 Å². The van der Waals surface area contributed by atoms with Gasteiger partial charge in [0.05, 0.1) is 5.69 Å². The predicted octanol–water partition coefficient (Wildman–Crippen LogP) is 1.38. The van der Waals surface area contributed by atoms with Crippen molar-refractivity contribution in [2.45, 2.75) is 0 Å². The molecule has 1 aromatic rings. The summed E-state index contributed by atoms with van der Waals surface area (Å²) >= 11 is 4.14. The predicted molar refractivity (Wildman–Crippen MR) is 47.9 cm³/mol. The van der Waals surface area contributed by atoms with Crippen LogP contribution in [0.5, 0.6) is 0 Å². The molecule has 0 aliphatic heterocycles. The van der Waals surface area contributed by atoms with Crippen LogP contribution in [0.25, 0.3) is 0 Å². The van der Waals surface area contributed by atoms with Crippen LogP contribution in [0.15, 0.2) is 18.5 Å². The molecule has 0 aliphatic rings. The van der Waals surface area contributed by atoms with E-state index in [4.69, 9.17) is 0 Å². The number of aromatic nitrogens is 1. The Kier molecular flexibility index (Phi) is 2.68. The van der Waals surface area contributed by atoms with Crippen LogP contribution >= 0.6 is 12.6 Å². The molecule has 1 N–H and O–H groups in total. The van der Waals surface area contributed by atoms with E-state index in [-0.39, 0.29) is 0 Å². The second-order valence-corrected chi connectivity index (χ2v) is 2.66. The fraction of sp³-hybridized carbons (Fsp3) is 0.429. The molecular formula is C7H12N2S. The number of rotatable bonds is 3. The minimum Gasteiger partial charge on any atom is -0.373 e. The van der Waals surface area contributed by atoms with Gasteiger partial charge in [-0.25, -0.2) is 0 Å². The number of hydrogen-bond donors (Lipinski definition) is 2. The number of anilines is 1. The zero-order valence-electron chi connectivity index (χ0n) is 6.04. The molecule has 1 aromatic heterocycles. The molecule has 10 heavy (non-hydrogen) atoms. The molecule has 0 saturated heterocycles. The van der Waals surface area contributed by atoms with Gasteiger partial charge in [-0.2, -0.15) is 12.6 Å². The van der Waals surface area contributed by atoms with Crippen LogP contribution in [0.3, 0.4) is 0 Å². The second-order valence-electron chi connectivity index (χ2n) is 2.21. The van der Waals surface area contributed by atoms with Crippen molar-refractivity contribution >= 4 is 18.3 Å². The molecule has 2 nitrogen and oxygen atoms in total. The number of aromatic amines is 1. The van der Waals surface area contributed by atoms with Gasteiger partial charge in [0.25, 0.3) is 0 Å². The largest absolute Gasteiger partial charge is 0.373 e. The molecule has 1 rings (SSSR count). The van der Waals surface area contributed by atoms with Crippen molar-refractivity contribution in [2.75, 3.05) is 24.2 Å². The maximum atomic E-state index is 4.14. The van der Waals surface area contributed by atoms with Gasteiger partial charge in [0, 0.05) is 31.7 Å². The highest BCUT2D eigenvalue weighted by atomic mass is 32.1. The van der Waals surface area contributed by atoms with E-state index in [1.54, 1.807) is 0 Å². The molecule has 0 saturated carbocycles. The smallest absolute Gasteiger partial charge is 0.0541 e. The molecule has 3 heteroatoms. The summed E-state index contributed by atoms with van der Waals surface area (Å²) in [6.07, 6.45) is 3.90. The van der Waals surface area contributed by atoms with Gasteiger partial charge in [0.15, 0.2) is 0 Å². The van der Waals surface area contributed by atoms with E-state index in [2.05, 4.69) is 29.6 Å². The van der Waals surface area contributed by atoms with Gasteiger partial charge in [0.2, 0.25) is 0 Å². The third kappa shape index (κ3) is 1.70. The van der Waals surface area contributed by atoms with Crippen molar-refractivity contribution in [1.29, 1.82) is 0 Å². The van der Waals surface area contributed by atoms with Gasteiger partial charge in [-0.3, -0.25) is 0 Å². The first kappa shape index (κ1) is 7.54. The summed E-state index contributed by atoms with van der Waals surface area (Å²) < 4.78 is 0. The van der Waals surface area contributed by atoms with Crippen molar-refractivity contribution < 1.29 is 0 Å². The number of hydrogen-bond acceptors (Lipinski definition) is 2. The first-order chi connectivity index (χ1) is 4.84. The van der Waals surface area contributed by atoms with Crippen LogP contribution in [-0.4, -0.2) is 24.3 Å². The van der Waals surface area contributed by atoms with E-state index in [1.165, 1.54) is 5.69 Å². The van der Waals surface area contributed by atoms with Crippen LogP contribution in [-0.2, 0) is 0 Å². The molecule has 0 bridgehead atoms. The highest BCUT2D eigenvalue weighted by Gasteiger charge is 1.96. The number of nitrogens with one attached hydrogen (secondary N) is 1. The Hall–Kier alpha value is -0.570. The van der Waals surface area contributed by atoms with Gasteiger partial charge >= 0.3 is 0 Å². The Balaban J connectivity index is 2.50. The summed E-state index contributed by atoms with van der Waals surface area (Å²) in [7, 11) is 2.05. The van der Waals surface area contributed by atoms with Crippen molar-refractivity contribution in [3.63, 3.8) is 0 Å². The Morgan fingerprint density at radius 1 is 1.70 bits per heavy atom. The van der Waals surface area contributed by atoms with Crippen LogP contribution in [0.4, 0.5) is 5.69 Å². The molecule has 56 valence electrons. The first-order valence-electron chi connectivity index (χ1n) is 3.29. The average Bonchev–Trinajstić information content (AvgIpc) is 2.38. The van der Waals surface area contributed by atoms with Crippen molar-refractivity contribution in [3.05, 3.63) is 18.5 Å². The summed E-state index contributed by atoms with van der Waals surface area (Å²) in [5, 5.41) is 0. The highest BCUT2D eigenvalue weighted by Crippen LogP contribution is 2.08. The van der Waals surface area contributed by atoms with Crippen molar-refractivity contribution in [1.82, 2.24) is 4.98 Å². The topological polar surface area (TPSA) is 19.0 Å². The van der Waals surface area contributed by atoms with Gasteiger partial charge in [-0.05, 0) is 6.07 Å². The van der Waals surface area contributed by atoms with E-state index in [0.717, 1.165) is 12.3 Å². The maximum Gasteiger partial charge on any atom is 0.0541 e. The summed E-state index contributed by atoms with van der Waals surface area (Å²) in [4.78, 5) is 5.16. The molecule has 1 heterocycles. The highest BCUT2D eigenvalue weighted by molar-refractivity contribution is 7.80. The lowest BCUT2D eigenvalue weighted by Crippen LogP contribution is -2.18. The Bertz CT molecular complexity index is 172. The Morgan fingerprint density at radius 2 is 2.50 bits per heavy atom. The molecular weight excluding hydrogens is 144 g/mol. The molecule has 0 fully saturated rings. The Morgan fingerprint density at radius 3 is 3.00 bits per heavy atom.